The summed E-state index contributed by atoms with van der Waals surface area (Å²) in [6, 6.07) is 5.37. The number of aromatic amines is 1. The highest BCUT2D eigenvalue weighted by Gasteiger charge is 2.11. The van der Waals surface area contributed by atoms with Crippen LogP contribution in [0, 0.1) is 0 Å². The van der Waals surface area contributed by atoms with Crippen molar-refractivity contribution in [2.45, 2.75) is 6.42 Å². The van der Waals surface area contributed by atoms with Gasteiger partial charge in [-0.25, -0.2) is 4.79 Å². The molecule has 0 saturated carbocycles. The van der Waals surface area contributed by atoms with Gasteiger partial charge < -0.3 is 15.4 Å². The molecule has 2 rings (SSSR count). The van der Waals surface area contributed by atoms with Gasteiger partial charge >= 0.3 is 5.97 Å². The Morgan fingerprint density at radius 1 is 1.45 bits per heavy atom. The Morgan fingerprint density at radius 3 is 2.95 bits per heavy atom. The lowest BCUT2D eigenvalue weighted by Gasteiger charge is -2.01. The van der Waals surface area contributed by atoms with E-state index < -0.39 is 11.4 Å². The molecule has 5 heteroatoms. The van der Waals surface area contributed by atoms with E-state index >= 15 is 0 Å². The lowest BCUT2D eigenvalue weighted by Crippen LogP contribution is -2.15. The van der Waals surface area contributed by atoms with Gasteiger partial charge in [-0.15, -0.1) is 0 Å². The van der Waals surface area contributed by atoms with Crippen LogP contribution in [0.4, 0.5) is 0 Å². The predicted octanol–water partition coefficient (Wildman–Crippen LogP) is 1.85. The number of aromatic carboxylic acids is 1. The van der Waals surface area contributed by atoms with Crippen LogP contribution in [0.5, 0.6) is 0 Å². The van der Waals surface area contributed by atoms with Crippen LogP contribution in [0.2, 0.25) is 0 Å². The smallest absolute Gasteiger partial charge is 0.341 e. The largest absolute Gasteiger partial charge is 0.477 e. The standard InChI is InChI=1S/C15H16N2O3/c1-16-7-3-2-4-10-5-6-13-11(8-10)14(18)12(9-17-13)15(19)20/h2,4-6,8-9,16H,3,7H2,1H3,(H,17,18)(H,19,20). The molecule has 3 N–H and O–H groups in total. The predicted molar refractivity (Wildman–Crippen MR) is 79.1 cm³/mol. The monoisotopic (exact) mass is 272 g/mol. The molecule has 2 aromatic rings. The molecular formula is C15H16N2O3. The van der Waals surface area contributed by atoms with Gasteiger partial charge in [0.2, 0.25) is 5.43 Å². The number of carbonyl (C=O) groups is 1. The van der Waals surface area contributed by atoms with Gasteiger partial charge in [0, 0.05) is 17.1 Å². The first-order chi connectivity index (χ1) is 9.63. The highest BCUT2D eigenvalue weighted by atomic mass is 16.4. The average Bonchev–Trinajstić information content (AvgIpc) is 2.44. The number of aromatic nitrogens is 1. The highest BCUT2D eigenvalue weighted by molar-refractivity contribution is 5.92. The van der Waals surface area contributed by atoms with Crippen molar-refractivity contribution in [1.82, 2.24) is 10.3 Å². The van der Waals surface area contributed by atoms with Crippen LogP contribution < -0.4 is 10.7 Å². The van der Waals surface area contributed by atoms with Crippen molar-refractivity contribution in [3.05, 3.63) is 51.8 Å². The van der Waals surface area contributed by atoms with E-state index in [2.05, 4.69) is 10.3 Å². The lowest BCUT2D eigenvalue weighted by atomic mass is 10.1. The molecule has 0 bridgehead atoms. The van der Waals surface area contributed by atoms with Gasteiger partial charge in [-0.05, 0) is 37.7 Å². The minimum atomic E-state index is -1.22. The molecule has 1 aromatic carbocycles. The number of hydrogen-bond donors (Lipinski definition) is 3. The molecule has 0 radical (unpaired) electrons. The summed E-state index contributed by atoms with van der Waals surface area (Å²) in [5.74, 6) is -1.22. The maximum atomic E-state index is 12.1. The highest BCUT2D eigenvalue weighted by Crippen LogP contribution is 2.12. The Hall–Kier alpha value is -2.40. The zero-order valence-electron chi connectivity index (χ0n) is 11.1. The van der Waals surface area contributed by atoms with Crippen LogP contribution in [0.15, 0.2) is 35.3 Å². The van der Waals surface area contributed by atoms with Gasteiger partial charge in [0.15, 0.2) is 0 Å². The molecule has 1 heterocycles. The van der Waals surface area contributed by atoms with Crippen molar-refractivity contribution >= 4 is 22.9 Å². The molecule has 20 heavy (non-hydrogen) atoms. The molecule has 1 aromatic heterocycles. The Balaban J connectivity index is 2.42. The summed E-state index contributed by atoms with van der Waals surface area (Å²) in [4.78, 5) is 25.8. The molecule has 0 spiro atoms. The van der Waals surface area contributed by atoms with E-state index in [9.17, 15) is 9.59 Å². The van der Waals surface area contributed by atoms with Gasteiger partial charge in [0.1, 0.15) is 5.56 Å². The summed E-state index contributed by atoms with van der Waals surface area (Å²) >= 11 is 0. The van der Waals surface area contributed by atoms with Crippen LogP contribution in [0.25, 0.3) is 17.0 Å². The maximum Gasteiger partial charge on any atom is 0.341 e. The fourth-order valence-electron chi connectivity index (χ4n) is 1.95. The first kappa shape index (κ1) is 14.0. The van der Waals surface area contributed by atoms with E-state index in [1.807, 2.05) is 25.3 Å². The van der Waals surface area contributed by atoms with E-state index in [1.165, 1.54) is 6.20 Å². The van der Waals surface area contributed by atoms with E-state index in [-0.39, 0.29) is 5.56 Å². The summed E-state index contributed by atoms with van der Waals surface area (Å²) in [5.41, 5.74) is 0.805. The molecule has 0 aliphatic carbocycles. The number of carboxylic acid groups (broad SMARTS) is 1. The van der Waals surface area contributed by atoms with Gasteiger partial charge in [0.05, 0.1) is 0 Å². The van der Waals surface area contributed by atoms with E-state index in [0.29, 0.717) is 10.9 Å². The average molecular weight is 272 g/mol. The molecule has 0 aliphatic rings. The third-order valence-electron chi connectivity index (χ3n) is 3.01. The van der Waals surface area contributed by atoms with Crippen LogP contribution in [-0.2, 0) is 0 Å². The third-order valence-corrected chi connectivity index (χ3v) is 3.01. The number of H-pyrrole nitrogens is 1. The second-order valence-electron chi connectivity index (χ2n) is 4.44. The van der Waals surface area contributed by atoms with Crippen molar-refractivity contribution in [3.8, 4) is 0 Å². The summed E-state index contributed by atoms with van der Waals surface area (Å²) in [7, 11) is 1.89. The first-order valence-electron chi connectivity index (χ1n) is 6.33. The molecule has 0 fully saturated rings. The van der Waals surface area contributed by atoms with Gasteiger partial charge in [-0.3, -0.25) is 4.79 Å². The van der Waals surface area contributed by atoms with E-state index in [0.717, 1.165) is 18.5 Å². The quantitative estimate of drug-likeness (QED) is 0.725. The third kappa shape index (κ3) is 2.95. The maximum absolute atomic E-state index is 12.1. The zero-order chi connectivity index (χ0) is 14.5. The molecule has 0 atom stereocenters. The molecular weight excluding hydrogens is 256 g/mol. The van der Waals surface area contributed by atoms with Crippen LogP contribution >= 0.6 is 0 Å². The Morgan fingerprint density at radius 2 is 2.25 bits per heavy atom. The zero-order valence-corrected chi connectivity index (χ0v) is 11.1. The number of nitrogens with one attached hydrogen (secondary N) is 2. The summed E-state index contributed by atoms with van der Waals surface area (Å²) in [6.07, 6.45) is 6.05. The summed E-state index contributed by atoms with van der Waals surface area (Å²) in [6.45, 7) is 0.883. The number of fused-ring (bicyclic) bond motifs is 1. The topological polar surface area (TPSA) is 82.2 Å². The Labute approximate surface area is 115 Å². The molecule has 104 valence electrons. The number of pyridine rings is 1. The number of hydrogen-bond acceptors (Lipinski definition) is 3. The minimum Gasteiger partial charge on any atom is -0.477 e. The molecule has 5 nitrogen and oxygen atoms in total. The normalized spacial score (nSPS) is 11.2. The Bertz CT molecular complexity index is 717. The van der Waals surface area contributed by atoms with Gasteiger partial charge in [-0.1, -0.05) is 18.2 Å². The van der Waals surface area contributed by atoms with Crippen molar-refractivity contribution in [2.24, 2.45) is 0 Å². The number of rotatable bonds is 5. The fraction of sp³-hybridized carbons (Fsp3) is 0.200. The van der Waals surface area contributed by atoms with E-state index in [4.69, 9.17) is 5.11 Å². The minimum absolute atomic E-state index is 0.242. The first-order valence-corrected chi connectivity index (χ1v) is 6.33. The van der Waals surface area contributed by atoms with Gasteiger partial charge in [-0.2, -0.15) is 0 Å². The Kier molecular flexibility index (Phi) is 4.32. The van der Waals surface area contributed by atoms with Crippen LogP contribution in [0.3, 0.4) is 0 Å². The van der Waals surface area contributed by atoms with Crippen molar-refractivity contribution in [3.63, 3.8) is 0 Å². The molecule has 0 unspecified atom stereocenters. The summed E-state index contributed by atoms with van der Waals surface area (Å²) in [5, 5.41) is 12.4. The van der Waals surface area contributed by atoms with Crippen molar-refractivity contribution < 1.29 is 9.90 Å². The molecule has 0 amide bonds. The van der Waals surface area contributed by atoms with Gasteiger partial charge in [0.25, 0.3) is 0 Å². The van der Waals surface area contributed by atoms with Crippen molar-refractivity contribution in [2.75, 3.05) is 13.6 Å². The second kappa shape index (κ2) is 6.16. The van der Waals surface area contributed by atoms with Crippen LogP contribution in [0.1, 0.15) is 22.3 Å². The lowest BCUT2D eigenvalue weighted by molar-refractivity contribution is 0.0695. The number of benzene rings is 1. The SMILES string of the molecule is CNCCC=Cc1ccc2[nH]cc(C(=O)O)c(=O)c2c1. The number of carboxylic acids is 1. The second-order valence-corrected chi connectivity index (χ2v) is 4.44. The summed E-state index contributed by atoms with van der Waals surface area (Å²) < 4.78 is 0. The fourth-order valence-corrected chi connectivity index (χ4v) is 1.95. The molecule has 0 saturated heterocycles. The van der Waals surface area contributed by atoms with Crippen molar-refractivity contribution in [1.29, 1.82) is 0 Å². The van der Waals surface area contributed by atoms with Crippen LogP contribution in [-0.4, -0.2) is 29.7 Å². The molecule has 0 aliphatic heterocycles. The van der Waals surface area contributed by atoms with E-state index in [1.54, 1.807) is 12.1 Å².